The summed E-state index contributed by atoms with van der Waals surface area (Å²) < 4.78 is 0. The minimum absolute atomic E-state index is 0.00891. The third kappa shape index (κ3) is 2.92. The van der Waals surface area contributed by atoms with Crippen LogP contribution in [0.15, 0.2) is 12.4 Å². The van der Waals surface area contributed by atoms with Gasteiger partial charge in [0.05, 0.1) is 12.4 Å². The predicted molar refractivity (Wildman–Crippen MR) is 63.3 cm³/mol. The second-order valence-corrected chi connectivity index (χ2v) is 3.95. The van der Waals surface area contributed by atoms with Crippen LogP contribution in [0.1, 0.15) is 23.3 Å². The number of amides is 2. The van der Waals surface area contributed by atoms with E-state index in [1.165, 1.54) is 12.4 Å². The molecule has 2 rings (SSSR count). The quantitative estimate of drug-likeness (QED) is 0.393. The lowest BCUT2D eigenvalue weighted by Gasteiger charge is -2.23. The average molecular weight is 250 g/mol. The highest BCUT2D eigenvalue weighted by atomic mass is 16.2. The van der Waals surface area contributed by atoms with E-state index in [2.05, 4.69) is 26.0 Å². The van der Waals surface area contributed by atoms with Gasteiger partial charge in [0.1, 0.15) is 5.69 Å². The summed E-state index contributed by atoms with van der Waals surface area (Å²) in [6, 6.07) is -0.0773. The van der Waals surface area contributed by atoms with Crippen molar-refractivity contribution < 1.29 is 9.59 Å². The fourth-order valence-electron chi connectivity index (χ4n) is 1.66. The Hall–Kier alpha value is -2.22. The third-order valence-corrected chi connectivity index (χ3v) is 2.62. The highest BCUT2D eigenvalue weighted by Gasteiger charge is 2.20. The summed E-state index contributed by atoms with van der Waals surface area (Å²) in [5.41, 5.74) is 2.50. The largest absolute Gasteiger partial charge is 0.354 e. The summed E-state index contributed by atoms with van der Waals surface area (Å²) in [6.07, 6.45) is 3.82. The number of rotatable bonds is 3. The van der Waals surface area contributed by atoms with Gasteiger partial charge in [-0.15, -0.1) is 0 Å². The molecule has 0 bridgehead atoms. The topological polar surface area (TPSA) is 122 Å². The van der Waals surface area contributed by atoms with Gasteiger partial charge in [-0.05, 0) is 6.42 Å². The van der Waals surface area contributed by atoms with Crippen LogP contribution >= 0.6 is 0 Å². The van der Waals surface area contributed by atoms with Crippen LogP contribution in [0, 0.1) is 0 Å². The summed E-state index contributed by atoms with van der Waals surface area (Å²) >= 11 is 0. The monoisotopic (exact) mass is 250 g/mol. The molecule has 1 aliphatic rings. The Morgan fingerprint density at radius 2 is 2.33 bits per heavy atom. The maximum atomic E-state index is 11.9. The van der Waals surface area contributed by atoms with Crippen molar-refractivity contribution in [2.45, 2.75) is 18.9 Å². The molecule has 1 aliphatic heterocycles. The molecule has 0 aliphatic carbocycles. The number of hydrazine groups is 1. The highest BCUT2D eigenvalue weighted by Crippen LogP contribution is 2.05. The molecule has 0 aromatic carbocycles. The SMILES string of the molecule is NNc1cncc(C(=O)NC2CCC(=O)NC2)n1. The van der Waals surface area contributed by atoms with E-state index in [-0.39, 0.29) is 23.6 Å². The van der Waals surface area contributed by atoms with Crippen molar-refractivity contribution in [1.29, 1.82) is 0 Å². The van der Waals surface area contributed by atoms with Crippen LogP contribution < -0.4 is 21.9 Å². The summed E-state index contributed by atoms with van der Waals surface area (Å²) in [4.78, 5) is 30.7. The Kier molecular flexibility index (Phi) is 3.68. The molecule has 2 heterocycles. The number of anilines is 1. The molecule has 1 atom stereocenters. The second kappa shape index (κ2) is 5.41. The van der Waals surface area contributed by atoms with Crippen molar-refractivity contribution in [1.82, 2.24) is 20.6 Å². The van der Waals surface area contributed by atoms with E-state index in [1.807, 2.05) is 0 Å². The summed E-state index contributed by atoms with van der Waals surface area (Å²) in [6.45, 7) is 0.437. The van der Waals surface area contributed by atoms with Gasteiger partial charge < -0.3 is 16.1 Å². The van der Waals surface area contributed by atoms with E-state index in [1.54, 1.807) is 0 Å². The van der Waals surface area contributed by atoms with Gasteiger partial charge in [0.25, 0.3) is 5.91 Å². The van der Waals surface area contributed by atoms with E-state index in [4.69, 9.17) is 5.84 Å². The Morgan fingerprint density at radius 1 is 1.50 bits per heavy atom. The van der Waals surface area contributed by atoms with Gasteiger partial charge in [-0.2, -0.15) is 0 Å². The lowest BCUT2D eigenvalue weighted by Crippen LogP contribution is -2.47. The van der Waals surface area contributed by atoms with Gasteiger partial charge in [-0.3, -0.25) is 14.6 Å². The Bertz CT molecular complexity index is 453. The van der Waals surface area contributed by atoms with Crippen LogP contribution in [0.4, 0.5) is 5.82 Å². The Labute approximate surface area is 103 Å². The predicted octanol–water partition coefficient (Wildman–Crippen LogP) is -1.23. The maximum absolute atomic E-state index is 11.9. The fourth-order valence-corrected chi connectivity index (χ4v) is 1.66. The van der Waals surface area contributed by atoms with E-state index in [0.29, 0.717) is 25.2 Å². The molecule has 8 nitrogen and oxygen atoms in total. The summed E-state index contributed by atoms with van der Waals surface area (Å²) in [5.74, 6) is 5.18. The lowest BCUT2D eigenvalue weighted by atomic mass is 10.1. The number of carbonyl (C=O) groups is 2. The molecule has 1 aromatic rings. The van der Waals surface area contributed by atoms with Crippen LogP contribution in [-0.4, -0.2) is 34.4 Å². The molecule has 18 heavy (non-hydrogen) atoms. The van der Waals surface area contributed by atoms with Crippen molar-refractivity contribution in [2.75, 3.05) is 12.0 Å². The summed E-state index contributed by atoms with van der Waals surface area (Å²) in [7, 11) is 0. The fraction of sp³-hybridized carbons (Fsp3) is 0.400. The van der Waals surface area contributed by atoms with Crippen molar-refractivity contribution in [3.8, 4) is 0 Å². The zero-order valence-corrected chi connectivity index (χ0v) is 9.64. The zero-order chi connectivity index (χ0) is 13.0. The average Bonchev–Trinajstić information content (AvgIpc) is 2.41. The molecule has 96 valence electrons. The first-order chi connectivity index (χ1) is 8.69. The smallest absolute Gasteiger partial charge is 0.271 e. The van der Waals surface area contributed by atoms with Crippen LogP contribution in [0.5, 0.6) is 0 Å². The molecule has 0 saturated carbocycles. The lowest BCUT2D eigenvalue weighted by molar-refractivity contribution is -0.122. The van der Waals surface area contributed by atoms with E-state index in [0.717, 1.165) is 0 Å². The third-order valence-electron chi connectivity index (χ3n) is 2.62. The number of aromatic nitrogens is 2. The number of nitrogen functional groups attached to an aromatic ring is 1. The van der Waals surface area contributed by atoms with Gasteiger partial charge in [-0.1, -0.05) is 0 Å². The minimum Gasteiger partial charge on any atom is -0.354 e. The molecule has 2 amide bonds. The Morgan fingerprint density at radius 3 is 3.00 bits per heavy atom. The molecule has 1 unspecified atom stereocenters. The first-order valence-electron chi connectivity index (χ1n) is 5.55. The van der Waals surface area contributed by atoms with Crippen LogP contribution in [0.3, 0.4) is 0 Å². The molecule has 5 N–H and O–H groups in total. The molecule has 1 aromatic heterocycles. The van der Waals surface area contributed by atoms with Crippen molar-refractivity contribution >= 4 is 17.6 Å². The normalized spacial score (nSPS) is 18.9. The van der Waals surface area contributed by atoms with Gasteiger partial charge in [0, 0.05) is 19.0 Å². The van der Waals surface area contributed by atoms with Gasteiger partial charge in [0.2, 0.25) is 5.91 Å². The van der Waals surface area contributed by atoms with Crippen LogP contribution in [0.25, 0.3) is 0 Å². The maximum Gasteiger partial charge on any atom is 0.271 e. The zero-order valence-electron chi connectivity index (χ0n) is 9.64. The summed E-state index contributed by atoms with van der Waals surface area (Å²) in [5, 5.41) is 5.47. The first kappa shape index (κ1) is 12.2. The Balaban J connectivity index is 1.96. The molecule has 0 spiro atoms. The number of nitrogens with two attached hydrogens (primary N) is 1. The van der Waals surface area contributed by atoms with Gasteiger partial charge in [-0.25, -0.2) is 10.8 Å². The highest BCUT2D eigenvalue weighted by molar-refractivity contribution is 5.92. The first-order valence-corrected chi connectivity index (χ1v) is 5.55. The minimum atomic E-state index is -0.333. The van der Waals surface area contributed by atoms with Crippen molar-refractivity contribution in [2.24, 2.45) is 5.84 Å². The molecule has 1 saturated heterocycles. The van der Waals surface area contributed by atoms with E-state index in [9.17, 15) is 9.59 Å². The molecular weight excluding hydrogens is 236 g/mol. The van der Waals surface area contributed by atoms with Crippen molar-refractivity contribution in [3.05, 3.63) is 18.1 Å². The van der Waals surface area contributed by atoms with Crippen LogP contribution in [-0.2, 0) is 4.79 Å². The molecule has 8 heteroatoms. The van der Waals surface area contributed by atoms with E-state index >= 15 is 0 Å². The van der Waals surface area contributed by atoms with E-state index < -0.39 is 0 Å². The van der Waals surface area contributed by atoms with Gasteiger partial charge >= 0.3 is 0 Å². The number of nitrogens with zero attached hydrogens (tertiary/aromatic N) is 2. The number of carbonyl (C=O) groups excluding carboxylic acids is 2. The number of hydrogen-bond acceptors (Lipinski definition) is 6. The number of nitrogens with one attached hydrogen (secondary N) is 3. The number of piperidine rings is 1. The van der Waals surface area contributed by atoms with Crippen molar-refractivity contribution in [3.63, 3.8) is 0 Å². The molecule has 0 radical (unpaired) electrons. The molecule has 1 fully saturated rings. The molecular formula is C10H14N6O2. The number of hydrogen-bond donors (Lipinski definition) is 4. The van der Waals surface area contributed by atoms with Crippen LogP contribution in [0.2, 0.25) is 0 Å². The second-order valence-electron chi connectivity index (χ2n) is 3.95. The van der Waals surface area contributed by atoms with Gasteiger partial charge in [0.15, 0.2) is 5.82 Å². The standard InChI is InChI=1S/C10H14N6O2/c11-16-8-5-12-4-7(15-8)10(18)14-6-1-2-9(17)13-3-6/h4-6H,1-3,11H2,(H,13,17)(H,14,18)(H,15,16).